The van der Waals surface area contributed by atoms with Gasteiger partial charge in [0.2, 0.25) is 0 Å². The van der Waals surface area contributed by atoms with E-state index < -0.39 is 0 Å². The molecular formula is C13H12BrClN2S. The SMILES string of the molecule is Clc1nc(-c2ccc(Br)s2)nc2c1CCCCC2. The summed E-state index contributed by atoms with van der Waals surface area (Å²) in [6.07, 6.45) is 5.69. The van der Waals surface area contributed by atoms with Crippen molar-refractivity contribution in [2.24, 2.45) is 0 Å². The lowest BCUT2D eigenvalue weighted by Crippen LogP contribution is -2.01. The van der Waals surface area contributed by atoms with Crippen LogP contribution in [0.15, 0.2) is 15.9 Å². The van der Waals surface area contributed by atoms with Crippen molar-refractivity contribution >= 4 is 38.9 Å². The van der Waals surface area contributed by atoms with Crippen molar-refractivity contribution in [1.29, 1.82) is 0 Å². The molecule has 3 rings (SSSR count). The average Bonchev–Trinajstić information content (AvgIpc) is 2.63. The van der Waals surface area contributed by atoms with Crippen LogP contribution < -0.4 is 0 Å². The first-order valence-corrected chi connectivity index (χ1v) is 8.04. The second kappa shape index (κ2) is 5.27. The molecule has 2 aromatic heterocycles. The van der Waals surface area contributed by atoms with Crippen LogP contribution in [0.3, 0.4) is 0 Å². The van der Waals surface area contributed by atoms with Crippen LogP contribution in [0.1, 0.15) is 30.5 Å². The highest BCUT2D eigenvalue weighted by molar-refractivity contribution is 9.11. The van der Waals surface area contributed by atoms with Gasteiger partial charge in [0, 0.05) is 11.3 Å². The molecule has 2 aromatic rings. The summed E-state index contributed by atoms with van der Waals surface area (Å²) in [6.45, 7) is 0. The van der Waals surface area contributed by atoms with Crippen LogP contribution in [0.2, 0.25) is 5.15 Å². The summed E-state index contributed by atoms with van der Waals surface area (Å²) in [5, 5.41) is 0.640. The lowest BCUT2D eigenvalue weighted by atomic mass is 10.1. The van der Waals surface area contributed by atoms with E-state index in [0.717, 1.165) is 38.6 Å². The van der Waals surface area contributed by atoms with Gasteiger partial charge in [-0.1, -0.05) is 18.0 Å². The summed E-state index contributed by atoms with van der Waals surface area (Å²) in [6, 6.07) is 4.05. The van der Waals surface area contributed by atoms with Crippen molar-refractivity contribution in [2.75, 3.05) is 0 Å². The van der Waals surface area contributed by atoms with Crippen molar-refractivity contribution in [3.8, 4) is 10.7 Å². The van der Waals surface area contributed by atoms with E-state index in [1.165, 1.54) is 19.3 Å². The van der Waals surface area contributed by atoms with Crippen molar-refractivity contribution in [3.05, 3.63) is 32.3 Å². The molecule has 2 heterocycles. The molecule has 0 spiro atoms. The van der Waals surface area contributed by atoms with Crippen molar-refractivity contribution in [3.63, 3.8) is 0 Å². The molecule has 18 heavy (non-hydrogen) atoms. The van der Waals surface area contributed by atoms with Crippen molar-refractivity contribution in [2.45, 2.75) is 32.1 Å². The van der Waals surface area contributed by atoms with E-state index in [0.29, 0.717) is 5.15 Å². The fraction of sp³-hybridized carbons (Fsp3) is 0.385. The zero-order chi connectivity index (χ0) is 12.5. The van der Waals surface area contributed by atoms with Crippen LogP contribution >= 0.6 is 38.9 Å². The number of nitrogens with zero attached hydrogens (tertiary/aromatic N) is 2. The monoisotopic (exact) mass is 342 g/mol. The van der Waals surface area contributed by atoms with Crippen LogP contribution in [0.4, 0.5) is 0 Å². The Bertz CT molecular complexity index is 582. The Morgan fingerprint density at radius 2 is 1.94 bits per heavy atom. The third-order valence-electron chi connectivity index (χ3n) is 3.18. The van der Waals surface area contributed by atoms with Gasteiger partial charge in [-0.25, -0.2) is 9.97 Å². The number of hydrogen-bond acceptors (Lipinski definition) is 3. The Labute approximate surface area is 124 Å². The van der Waals surface area contributed by atoms with Crippen LogP contribution in [-0.4, -0.2) is 9.97 Å². The zero-order valence-electron chi connectivity index (χ0n) is 9.75. The smallest absolute Gasteiger partial charge is 0.171 e. The van der Waals surface area contributed by atoms with E-state index in [1.807, 2.05) is 12.1 Å². The quantitative estimate of drug-likeness (QED) is 0.544. The van der Waals surface area contributed by atoms with E-state index in [2.05, 4.69) is 20.9 Å². The topological polar surface area (TPSA) is 25.8 Å². The van der Waals surface area contributed by atoms with Gasteiger partial charge >= 0.3 is 0 Å². The van der Waals surface area contributed by atoms with Gasteiger partial charge in [0.05, 0.1) is 8.66 Å². The average molecular weight is 344 g/mol. The second-order valence-corrected chi connectivity index (χ2v) is 7.25. The molecule has 0 radical (unpaired) electrons. The minimum absolute atomic E-state index is 0.640. The van der Waals surface area contributed by atoms with Gasteiger partial charge in [-0.15, -0.1) is 11.3 Å². The number of aromatic nitrogens is 2. The fourth-order valence-electron chi connectivity index (χ4n) is 2.27. The first-order valence-electron chi connectivity index (χ1n) is 6.05. The van der Waals surface area contributed by atoms with Gasteiger partial charge in [-0.05, 0) is 53.7 Å². The lowest BCUT2D eigenvalue weighted by molar-refractivity contribution is 0.709. The Morgan fingerprint density at radius 3 is 2.72 bits per heavy atom. The van der Waals surface area contributed by atoms with Crippen LogP contribution in [0.25, 0.3) is 10.7 Å². The Kier molecular flexibility index (Phi) is 3.68. The molecule has 1 aliphatic rings. The van der Waals surface area contributed by atoms with Crippen LogP contribution in [-0.2, 0) is 12.8 Å². The Balaban J connectivity index is 2.07. The summed E-state index contributed by atoms with van der Waals surface area (Å²) in [5.41, 5.74) is 2.31. The molecule has 0 aromatic carbocycles. The summed E-state index contributed by atoms with van der Waals surface area (Å²) < 4.78 is 1.09. The van der Waals surface area contributed by atoms with Crippen molar-refractivity contribution < 1.29 is 0 Å². The third-order valence-corrected chi connectivity index (χ3v) is 5.11. The largest absolute Gasteiger partial charge is 0.232 e. The fourth-order valence-corrected chi connectivity index (χ4v) is 3.87. The third kappa shape index (κ3) is 2.46. The predicted octanol–water partition coefficient (Wildman–Crippen LogP) is 4.89. The first kappa shape index (κ1) is 12.6. The number of rotatable bonds is 1. The molecule has 94 valence electrons. The van der Waals surface area contributed by atoms with Gasteiger partial charge in [-0.3, -0.25) is 0 Å². The van der Waals surface area contributed by atoms with E-state index >= 15 is 0 Å². The van der Waals surface area contributed by atoms with Gasteiger partial charge in [0.25, 0.3) is 0 Å². The molecule has 0 saturated heterocycles. The highest BCUT2D eigenvalue weighted by Gasteiger charge is 2.16. The molecule has 0 atom stereocenters. The molecule has 5 heteroatoms. The molecule has 0 amide bonds. The first-order chi connectivity index (χ1) is 8.74. The minimum atomic E-state index is 0.640. The van der Waals surface area contributed by atoms with Gasteiger partial charge < -0.3 is 0 Å². The molecule has 2 nitrogen and oxygen atoms in total. The normalized spacial score (nSPS) is 15.2. The van der Waals surface area contributed by atoms with E-state index in [4.69, 9.17) is 16.6 Å². The van der Waals surface area contributed by atoms with Gasteiger partial charge in [0.1, 0.15) is 5.15 Å². The molecule has 0 aliphatic heterocycles. The maximum Gasteiger partial charge on any atom is 0.171 e. The maximum absolute atomic E-state index is 6.32. The lowest BCUT2D eigenvalue weighted by Gasteiger charge is -2.08. The highest BCUT2D eigenvalue weighted by Crippen LogP contribution is 2.32. The number of aryl methyl sites for hydroxylation is 1. The molecule has 0 N–H and O–H groups in total. The van der Waals surface area contributed by atoms with E-state index in [1.54, 1.807) is 11.3 Å². The van der Waals surface area contributed by atoms with Crippen LogP contribution in [0, 0.1) is 0 Å². The summed E-state index contributed by atoms with van der Waals surface area (Å²) in [4.78, 5) is 10.2. The molecule has 0 unspecified atom stereocenters. The number of fused-ring (bicyclic) bond motifs is 1. The number of hydrogen-bond donors (Lipinski definition) is 0. The zero-order valence-corrected chi connectivity index (χ0v) is 12.9. The summed E-state index contributed by atoms with van der Waals surface area (Å²) >= 11 is 11.4. The Hall–Kier alpha value is -0.450. The molecular weight excluding hydrogens is 332 g/mol. The van der Waals surface area contributed by atoms with E-state index in [-0.39, 0.29) is 0 Å². The second-order valence-electron chi connectivity index (χ2n) is 4.43. The van der Waals surface area contributed by atoms with Crippen LogP contribution in [0.5, 0.6) is 0 Å². The predicted molar refractivity (Wildman–Crippen MR) is 79.3 cm³/mol. The standard InChI is InChI=1S/C13H12BrClN2S/c14-11-7-6-10(18-11)13-16-9-5-3-1-2-4-8(9)12(15)17-13/h6-7H,1-5H2. The molecule has 0 bridgehead atoms. The van der Waals surface area contributed by atoms with Crippen molar-refractivity contribution in [1.82, 2.24) is 9.97 Å². The number of thiophene rings is 1. The minimum Gasteiger partial charge on any atom is -0.232 e. The molecule has 1 aliphatic carbocycles. The molecule has 0 saturated carbocycles. The highest BCUT2D eigenvalue weighted by atomic mass is 79.9. The van der Waals surface area contributed by atoms with E-state index in [9.17, 15) is 0 Å². The number of halogens is 2. The molecule has 0 fully saturated rings. The Morgan fingerprint density at radius 1 is 1.11 bits per heavy atom. The maximum atomic E-state index is 6.32. The van der Waals surface area contributed by atoms with Gasteiger partial charge in [-0.2, -0.15) is 0 Å². The van der Waals surface area contributed by atoms with Gasteiger partial charge in [0.15, 0.2) is 5.82 Å². The summed E-state index contributed by atoms with van der Waals surface area (Å²) in [5.74, 6) is 0.761. The summed E-state index contributed by atoms with van der Waals surface area (Å²) in [7, 11) is 0.